The van der Waals surface area contributed by atoms with Gasteiger partial charge in [0.15, 0.2) is 5.82 Å². The van der Waals surface area contributed by atoms with Crippen LogP contribution in [0.5, 0.6) is 5.75 Å². The van der Waals surface area contributed by atoms with Gasteiger partial charge < -0.3 is 14.0 Å². The van der Waals surface area contributed by atoms with Gasteiger partial charge >= 0.3 is 0 Å². The van der Waals surface area contributed by atoms with E-state index in [0.29, 0.717) is 12.5 Å². The van der Waals surface area contributed by atoms with Crippen LogP contribution in [0.2, 0.25) is 0 Å². The Bertz CT molecular complexity index is 942. The molecule has 5 heteroatoms. The zero-order valence-electron chi connectivity index (χ0n) is 16.1. The first kappa shape index (κ1) is 17.7. The molecule has 1 atom stereocenters. The molecule has 1 saturated heterocycles. The van der Waals surface area contributed by atoms with Crippen molar-refractivity contribution in [2.45, 2.75) is 63.1 Å². The van der Waals surface area contributed by atoms with Crippen LogP contribution in [0.15, 0.2) is 47.0 Å². The van der Waals surface area contributed by atoms with Gasteiger partial charge in [-0.2, -0.15) is 4.98 Å². The van der Waals surface area contributed by atoms with E-state index in [9.17, 15) is 0 Å². The molecule has 0 N–H and O–H groups in total. The van der Waals surface area contributed by atoms with E-state index < -0.39 is 0 Å². The van der Waals surface area contributed by atoms with Crippen molar-refractivity contribution in [2.24, 2.45) is 0 Å². The number of aromatic nitrogens is 2. The second-order valence-electron chi connectivity index (χ2n) is 8.05. The molecule has 1 unspecified atom stereocenters. The minimum absolute atomic E-state index is 0.187. The molecular weight excluding hydrogens is 352 g/mol. The number of rotatable bonds is 7. The lowest BCUT2D eigenvalue weighted by molar-refractivity contribution is -0.0916. The van der Waals surface area contributed by atoms with Crippen LogP contribution in [0, 0.1) is 0 Å². The molecule has 2 aromatic carbocycles. The first-order valence-electron chi connectivity index (χ1n) is 10.4. The largest absolute Gasteiger partial charge is 0.493 e. The summed E-state index contributed by atoms with van der Waals surface area (Å²) in [5, 5.41) is 6.47. The van der Waals surface area contributed by atoms with Gasteiger partial charge in [0, 0.05) is 11.8 Å². The normalized spacial score (nSPS) is 20.5. The van der Waals surface area contributed by atoms with Crippen molar-refractivity contribution in [3.05, 3.63) is 54.2 Å². The van der Waals surface area contributed by atoms with E-state index in [0.717, 1.165) is 42.6 Å². The molecule has 3 aromatic rings. The predicted octanol–water partition coefficient (Wildman–Crippen LogP) is 4.88. The monoisotopic (exact) mass is 378 g/mol. The first-order valence-corrected chi connectivity index (χ1v) is 10.4. The number of hydrogen-bond donors (Lipinski definition) is 0. The van der Waals surface area contributed by atoms with Gasteiger partial charge in [-0.1, -0.05) is 41.6 Å². The minimum atomic E-state index is 0.187. The van der Waals surface area contributed by atoms with E-state index in [-0.39, 0.29) is 11.7 Å². The maximum atomic E-state index is 6.23. The summed E-state index contributed by atoms with van der Waals surface area (Å²) in [5.41, 5.74) is 0.187. The molecule has 2 fully saturated rings. The van der Waals surface area contributed by atoms with Crippen LogP contribution in [0.3, 0.4) is 0 Å². The van der Waals surface area contributed by atoms with Crippen LogP contribution >= 0.6 is 0 Å². The number of nitrogens with zero attached hydrogens (tertiary/aromatic N) is 2. The van der Waals surface area contributed by atoms with Gasteiger partial charge in [0.2, 0.25) is 5.89 Å². The van der Waals surface area contributed by atoms with Crippen LogP contribution in [0.4, 0.5) is 0 Å². The fourth-order valence-electron chi connectivity index (χ4n) is 4.38. The molecular formula is C23H26N2O3. The topological polar surface area (TPSA) is 57.4 Å². The lowest BCUT2D eigenvalue weighted by Crippen LogP contribution is -2.37. The Kier molecular flexibility index (Phi) is 4.77. The van der Waals surface area contributed by atoms with Crippen molar-refractivity contribution < 1.29 is 14.0 Å². The van der Waals surface area contributed by atoms with Crippen molar-refractivity contribution >= 4 is 10.8 Å². The summed E-state index contributed by atoms with van der Waals surface area (Å²) in [6.07, 6.45) is 8.61. The minimum Gasteiger partial charge on any atom is -0.493 e. The molecule has 0 bridgehead atoms. The molecule has 5 nitrogen and oxygen atoms in total. The second-order valence-corrected chi connectivity index (χ2v) is 8.05. The second kappa shape index (κ2) is 7.55. The maximum absolute atomic E-state index is 6.23. The van der Waals surface area contributed by atoms with E-state index in [1.807, 2.05) is 24.3 Å². The predicted molar refractivity (Wildman–Crippen MR) is 106 cm³/mol. The molecule has 2 aliphatic rings. The average Bonchev–Trinajstić information content (AvgIpc) is 3.33. The zero-order chi connectivity index (χ0) is 18.8. The Morgan fingerprint density at radius 3 is 2.82 bits per heavy atom. The van der Waals surface area contributed by atoms with Crippen molar-refractivity contribution in [3.63, 3.8) is 0 Å². The Balaban J connectivity index is 1.10. The number of ether oxygens (including phenoxy) is 2. The van der Waals surface area contributed by atoms with Gasteiger partial charge in [0.25, 0.3) is 0 Å². The molecule has 28 heavy (non-hydrogen) atoms. The summed E-state index contributed by atoms with van der Waals surface area (Å²) in [4.78, 5) is 4.55. The van der Waals surface area contributed by atoms with Crippen molar-refractivity contribution in [1.29, 1.82) is 0 Å². The summed E-state index contributed by atoms with van der Waals surface area (Å²) < 4.78 is 17.7. The number of benzene rings is 2. The van der Waals surface area contributed by atoms with Crippen LogP contribution in [0.25, 0.3) is 10.8 Å². The first-order chi connectivity index (χ1) is 13.8. The van der Waals surface area contributed by atoms with Crippen molar-refractivity contribution in [3.8, 4) is 5.75 Å². The molecule has 0 radical (unpaired) electrons. The van der Waals surface area contributed by atoms with Gasteiger partial charge in [-0.15, -0.1) is 0 Å². The Hall–Kier alpha value is -2.40. The lowest BCUT2D eigenvalue weighted by atomic mass is 9.78. The summed E-state index contributed by atoms with van der Waals surface area (Å²) in [6, 6.07) is 14.4. The molecule has 1 aromatic heterocycles. The van der Waals surface area contributed by atoms with E-state index in [1.54, 1.807) is 0 Å². The Morgan fingerprint density at radius 1 is 1.07 bits per heavy atom. The fourth-order valence-corrected chi connectivity index (χ4v) is 4.38. The molecule has 1 spiro atoms. The third-order valence-electron chi connectivity index (χ3n) is 6.07. The van der Waals surface area contributed by atoms with Crippen molar-refractivity contribution in [2.75, 3.05) is 6.61 Å². The summed E-state index contributed by atoms with van der Waals surface area (Å²) in [7, 11) is 0. The smallest absolute Gasteiger partial charge is 0.229 e. The molecule has 2 heterocycles. The van der Waals surface area contributed by atoms with Gasteiger partial charge in [0.05, 0.1) is 24.7 Å². The summed E-state index contributed by atoms with van der Waals surface area (Å²) >= 11 is 0. The molecule has 1 saturated carbocycles. The van der Waals surface area contributed by atoms with Crippen LogP contribution in [0.1, 0.15) is 50.2 Å². The van der Waals surface area contributed by atoms with Crippen LogP contribution < -0.4 is 4.74 Å². The molecule has 1 aliphatic heterocycles. The number of aryl methyl sites for hydroxylation is 1. The van der Waals surface area contributed by atoms with Gasteiger partial charge in [0.1, 0.15) is 5.75 Å². The van der Waals surface area contributed by atoms with Gasteiger partial charge in [-0.25, -0.2) is 0 Å². The van der Waals surface area contributed by atoms with E-state index >= 15 is 0 Å². The highest BCUT2D eigenvalue weighted by atomic mass is 16.5. The summed E-state index contributed by atoms with van der Waals surface area (Å²) in [5.74, 6) is 2.38. The molecule has 146 valence electrons. The third kappa shape index (κ3) is 3.63. The van der Waals surface area contributed by atoms with E-state index in [2.05, 4.69) is 28.3 Å². The van der Waals surface area contributed by atoms with Crippen LogP contribution in [-0.4, -0.2) is 28.5 Å². The SMILES string of the molecule is c1ccc2c(OCCCc3noc(CC4CCC5(CCC5)O4)n3)cccc2c1. The molecule has 5 rings (SSSR count). The molecule has 1 aliphatic carbocycles. The number of fused-ring (bicyclic) bond motifs is 1. The molecule has 0 amide bonds. The van der Waals surface area contributed by atoms with E-state index in [4.69, 9.17) is 14.0 Å². The summed E-state index contributed by atoms with van der Waals surface area (Å²) in [6.45, 7) is 0.631. The fraction of sp³-hybridized carbons (Fsp3) is 0.478. The standard InChI is InChI=1S/C23H26N2O3/c1-2-8-19-17(6-1)7-3-9-20(19)26-15-4-10-21-24-22(28-25-21)16-18-11-14-23(27-18)12-5-13-23/h1-3,6-9,18H,4-5,10-16H2. The average molecular weight is 378 g/mol. The van der Waals surface area contributed by atoms with Gasteiger partial charge in [-0.3, -0.25) is 0 Å². The highest BCUT2D eigenvalue weighted by Gasteiger charge is 2.44. The quantitative estimate of drug-likeness (QED) is 0.549. The zero-order valence-corrected chi connectivity index (χ0v) is 16.1. The lowest BCUT2D eigenvalue weighted by Gasteiger charge is -2.37. The van der Waals surface area contributed by atoms with Crippen LogP contribution in [-0.2, 0) is 17.6 Å². The highest BCUT2D eigenvalue weighted by Crippen LogP contribution is 2.46. The maximum Gasteiger partial charge on any atom is 0.229 e. The number of hydrogen-bond acceptors (Lipinski definition) is 5. The van der Waals surface area contributed by atoms with E-state index in [1.165, 1.54) is 31.1 Å². The third-order valence-corrected chi connectivity index (χ3v) is 6.07. The Morgan fingerprint density at radius 2 is 1.96 bits per heavy atom. The Labute approximate surface area is 165 Å². The highest BCUT2D eigenvalue weighted by molar-refractivity contribution is 5.88. The van der Waals surface area contributed by atoms with Crippen molar-refractivity contribution in [1.82, 2.24) is 10.1 Å². The van der Waals surface area contributed by atoms with Gasteiger partial charge in [-0.05, 0) is 50.0 Å².